The van der Waals surface area contributed by atoms with Crippen LogP contribution in [-0.4, -0.2) is 28.1 Å². The molecule has 0 aliphatic heterocycles. The van der Waals surface area contributed by atoms with Gasteiger partial charge in [0.05, 0.1) is 12.9 Å². The highest BCUT2D eigenvalue weighted by atomic mass is 35.5. The molecule has 0 fully saturated rings. The van der Waals surface area contributed by atoms with E-state index in [-0.39, 0.29) is 11.7 Å². The maximum Gasteiger partial charge on any atom is 0.230 e. The number of thioether (sulfide) groups is 1. The second kappa shape index (κ2) is 9.02. The predicted octanol–water partition coefficient (Wildman–Crippen LogP) is 4.28. The number of carbonyl (C=O) groups is 1. The van der Waals surface area contributed by atoms with Gasteiger partial charge in [-0.2, -0.15) is 4.37 Å². The molecule has 0 aliphatic rings. The SMILES string of the molecule is COc1ccc(-c2nsc(SCC(=O)NCc3ccccc3Cl)n2)cc1. The molecule has 0 aliphatic carbocycles. The van der Waals surface area contributed by atoms with Gasteiger partial charge in [0.2, 0.25) is 5.91 Å². The maximum atomic E-state index is 12.0. The molecule has 0 atom stereocenters. The second-order valence-electron chi connectivity index (χ2n) is 5.27. The first-order chi connectivity index (χ1) is 12.7. The van der Waals surface area contributed by atoms with Crippen molar-refractivity contribution in [2.75, 3.05) is 12.9 Å². The van der Waals surface area contributed by atoms with Gasteiger partial charge >= 0.3 is 0 Å². The van der Waals surface area contributed by atoms with E-state index in [9.17, 15) is 4.79 Å². The molecule has 0 saturated heterocycles. The van der Waals surface area contributed by atoms with Crippen molar-refractivity contribution in [1.82, 2.24) is 14.7 Å². The van der Waals surface area contributed by atoms with Crippen LogP contribution in [0.25, 0.3) is 11.4 Å². The van der Waals surface area contributed by atoms with E-state index in [0.717, 1.165) is 21.2 Å². The Bertz CT molecular complexity index is 884. The lowest BCUT2D eigenvalue weighted by molar-refractivity contribution is -0.118. The van der Waals surface area contributed by atoms with E-state index >= 15 is 0 Å². The molecule has 1 heterocycles. The first-order valence-electron chi connectivity index (χ1n) is 7.77. The first kappa shape index (κ1) is 18.7. The molecule has 2 aromatic carbocycles. The van der Waals surface area contributed by atoms with Gasteiger partial charge in [0.1, 0.15) is 5.75 Å². The van der Waals surface area contributed by atoms with Crippen molar-refractivity contribution in [3.8, 4) is 17.1 Å². The minimum atomic E-state index is -0.0730. The number of methoxy groups -OCH3 is 1. The number of hydrogen-bond acceptors (Lipinski definition) is 6. The Morgan fingerprint density at radius 2 is 2.00 bits per heavy atom. The Balaban J connectivity index is 1.51. The monoisotopic (exact) mass is 405 g/mol. The topological polar surface area (TPSA) is 64.1 Å². The number of benzene rings is 2. The van der Waals surface area contributed by atoms with Crippen LogP contribution in [0.1, 0.15) is 5.56 Å². The Morgan fingerprint density at radius 1 is 1.23 bits per heavy atom. The highest BCUT2D eigenvalue weighted by Crippen LogP contribution is 2.26. The minimum Gasteiger partial charge on any atom is -0.497 e. The zero-order valence-corrected chi connectivity index (χ0v) is 16.3. The summed E-state index contributed by atoms with van der Waals surface area (Å²) >= 11 is 8.73. The normalized spacial score (nSPS) is 10.5. The zero-order chi connectivity index (χ0) is 18.4. The third-order valence-corrected chi connectivity index (χ3v) is 5.72. The van der Waals surface area contributed by atoms with E-state index in [1.807, 2.05) is 42.5 Å². The molecule has 1 N–H and O–H groups in total. The molecular formula is C18H16ClN3O2S2. The summed E-state index contributed by atoms with van der Waals surface area (Å²) in [7, 11) is 1.63. The molecule has 0 saturated carbocycles. The fourth-order valence-electron chi connectivity index (χ4n) is 2.14. The quantitative estimate of drug-likeness (QED) is 0.594. The molecular weight excluding hydrogens is 390 g/mol. The van der Waals surface area contributed by atoms with Gasteiger partial charge in [-0.1, -0.05) is 41.6 Å². The lowest BCUT2D eigenvalue weighted by Crippen LogP contribution is -2.24. The summed E-state index contributed by atoms with van der Waals surface area (Å²) in [5, 5.41) is 3.51. The molecule has 0 bridgehead atoms. The van der Waals surface area contributed by atoms with Crippen molar-refractivity contribution in [1.29, 1.82) is 0 Å². The number of rotatable bonds is 7. The summed E-state index contributed by atoms with van der Waals surface area (Å²) in [6.07, 6.45) is 0. The van der Waals surface area contributed by atoms with E-state index in [2.05, 4.69) is 14.7 Å². The molecule has 1 amide bonds. The zero-order valence-electron chi connectivity index (χ0n) is 13.9. The molecule has 5 nitrogen and oxygen atoms in total. The molecule has 26 heavy (non-hydrogen) atoms. The average Bonchev–Trinajstić information content (AvgIpc) is 3.15. The Labute approximate surface area is 164 Å². The summed E-state index contributed by atoms with van der Waals surface area (Å²) in [6.45, 7) is 0.409. The number of nitrogens with one attached hydrogen (secondary N) is 1. The molecule has 8 heteroatoms. The second-order valence-corrected chi connectivity index (χ2v) is 7.65. The highest BCUT2D eigenvalue weighted by molar-refractivity contribution is 8.01. The number of ether oxygens (including phenoxy) is 1. The van der Waals surface area contributed by atoms with Gasteiger partial charge in [0.25, 0.3) is 0 Å². The number of carbonyl (C=O) groups excluding carboxylic acids is 1. The van der Waals surface area contributed by atoms with Crippen LogP contribution in [0.5, 0.6) is 5.75 Å². The van der Waals surface area contributed by atoms with Crippen LogP contribution in [0, 0.1) is 0 Å². The van der Waals surface area contributed by atoms with Crippen LogP contribution in [0.15, 0.2) is 52.9 Å². The standard InChI is InChI=1S/C18H16ClN3O2S2/c1-24-14-8-6-12(7-9-14)17-21-18(26-22-17)25-11-16(23)20-10-13-4-2-3-5-15(13)19/h2-9H,10-11H2,1H3,(H,20,23). The van der Waals surface area contributed by atoms with E-state index in [1.165, 1.54) is 23.3 Å². The van der Waals surface area contributed by atoms with Gasteiger partial charge < -0.3 is 10.1 Å². The van der Waals surface area contributed by atoms with E-state index in [1.54, 1.807) is 13.2 Å². The van der Waals surface area contributed by atoms with Crippen molar-refractivity contribution in [2.24, 2.45) is 0 Å². The highest BCUT2D eigenvalue weighted by Gasteiger charge is 2.10. The maximum absolute atomic E-state index is 12.0. The van der Waals surface area contributed by atoms with Crippen molar-refractivity contribution >= 4 is 40.8 Å². The van der Waals surface area contributed by atoms with Crippen LogP contribution in [0.4, 0.5) is 0 Å². The number of amides is 1. The Morgan fingerprint density at radius 3 is 2.73 bits per heavy atom. The molecule has 0 radical (unpaired) electrons. The smallest absolute Gasteiger partial charge is 0.230 e. The van der Waals surface area contributed by atoms with Crippen molar-refractivity contribution in [2.45, 2.75) is 10.9 Å². The van der Waals surface area contributed by atoms with Crippen LogP contribution in [0.2, 0.25) is 5.02 Å². The van der Waals surface area contributed by atoms with Crippen molar-refractivity contribution in [3.05, 3.63) is 59.1 Å². The van der Waals surface area contributed by atoms with Crippen LogP contribution >= 0.6 is 34.9 Å². The van der Waals surface area contributed by atoms with Crippen molar-refractivity contribution in [3.63, 3.8) is 0 Å². The van der Waals surface area contributed by atoms with Gasteiger partial charge in [-0.05, 0) is 47.4 Å². The van der Waals surface area contributed by atoms with E-state index in [0.29, 0.717) is 17.4 Å². The van der Waals surface area contributed by atoms with Gasteiger partial charge in [-0.3, -0.25) is 4.79 Å². The summed E-state index contributed by atoms with van der Waals surface area (Å²) in [5.41, 5.74) is 1.81. The van der Waals surface area contributed by atoms with Crippen LogP contribution in [0.3, 0.4) is 0 Å². The fourth-order valence-corrected chi connectivity index (χ4v) is 3.79. The lowest BCUT2D eigenvalue weighted by Gasteiger charge is -2.05. The fraction of sp³-hybridized carbons (Fsp3) is 0.167. The number of hydrogen-bond donors (Lipinski definition) is 1. The molecule has 0 unspecified atom stereocenters. The molecule has 3 aromatic rings. The third-order valence-electron chi connectivity index (χ3n) is 3.52. The summed E-state index contributed by atoms with van der Waals surface area (Å²) in [4.78, 5) is 16.5. The molecule has 3 rings (SSSR count). The third kappa shape index (κ3) is 4.97. The summed E-state index contributed by atoms with van der Waals surface area (Å²) in [5.74, 6) is 1.64. The average molecular weight is 406 g/mol. The van der Waals surface area contributed by atoms with Gasteiger partial charge in [-0.15, -0.1) is 0 Å². The minimum absolute atomic E-state index is 0.0730. The molecule has 1 aromatic heterocycles. The lowest BCUT2D eigenvalue weighted by atomic mass is 10.2. The summed E-state index contributed by atoms with van der Waals surface area (Å²) < 4.78 is 10.2. The predicted molar refractivity (Wildman–Crippen MR) is 106 cm³/mol. The van der Waals surface area contributed by atoms with Gasteiger partial charge in [0.15, 0.2) is 10.2 Å². The Hall–Kier alpha value is -2.09. The van der Waals surface area contributed by atoms with E-state index < -0.39 is 0 Å². The summed E-state index contributed by atoms with van der Waals surface area (Å²) in [6, 6.07) is 15.0. The van der Waals surface area contributed by atoms with Gasteiger partial charge in [-0.25, -0.2) is 4.98 Å². The number of halogens is 1. The molecule has 134 valence electrons. The number of aromatic nitrogens is 2. The van der Waals surface area contributed by atoms with Gasteiger partial charge in [0, 0.05) is 17.1 Å². The van der Waals surface area contributed by atoms with Crippen molar-refractivity contribution < 1.29 is 9.53 Å². The number of nitrogens with zero attached hydrogens (tertiary/aromatic N) is 2. The Kier molecular flexibility index (Phi) is 6.49. The molecule has 0 spiro atoms. The van der Waals surface area contributed by atoms with E-state index in [4.69, 9.17) is 16.3 Å². The largest absolute Gasteiger partial charge is 0.497 e. The first-order valence-corrected chi connectivity index (χ1v) is 9.90. The van der Waals surface area contributed by atoms with Crippen LogP contribution < -0.4 is 10.1 Å². The van der Waals surface area contributed by atoms with Crippen LogP contribution in [-0.2, 0) is 11.3 Å².